The van der Waals surface area contributed by atoms with Crippen molar-refractivity contribution in [1.82, 2.24) is 5.32 Å². The average molecular weight is 381 g/mol. The first kappa shape index (κ1) is 20.1. The van der Waals surface area contributed by atoms with Crippen LogP contribution in [0.3, 0.4) is 0 Å². The molecule has 1 heterocycles. The molecule has 0 radical (unpaired) electrons. The third-order valence-corrected chi connectivity index (χ3v) is 5.95. The third kappa shape index (κ3) is 5.94. The molecule has 26 heavy (non-hydrogen) atoms. The molecule has 2 rings (SSSR count). The number of carbonyl (C=O) groups excluding carboxylic acids is 3. The van der Waals surface area contributed by atoms with Crippen LogP contribution in [-0.2, 0) is 24.2 Å². The first-order valence-corrected chi connectivity index (χ1v) is 10.3. The average Bonchev–Trinajstić information content (AvgIpc) is 2.91. The zero-order chi connectivity index (χ0) is 19.3. The van der Waals surface area contributed by atoms with Gasteiger partial charge in [0, 0.05) is 18.0 Å². The van der Waals surface area contributed by atoms with E-state index in [0.717, 1.165) is 5.56 Å². The lowest BCUT2D eigenvalue weighted by Crippen LogP contribution is -2.42. The summed E-state index contributed by atoms with van der Waals surface area (Å²) in [5.41, 5.74) is 1.56. The van der Waals surface area contributed by atoms with Crippen LogP contribution in [0.25, 0.3) is 0 Å². The Kier molecular flexibility index (Phi) is 6.52. The summed E-state index contributed by atoms with van der Waals surface area (Å²) < 4.78 is 27.8. The van der Waals surface area contributed by atoms with Crippen LogP contribution in [0.4, 0.5) is 0 Å². The van der Waals surface area contributed by atoms with Crippen molar-refractivity contribution in [3.05, 3.63) is 35.4 Å². The zero-order valence-corrected chi connectivity index (χ0v) is 15.7. The van der Waals surface area contributed by atoms with Crippen molar-refractivity contribution in [1.29, 1.82) is 0 Å². The number of amides is 1. The van der Waals surface area contributed by atoms with Crippen LogP contribution >= 0.6 is 0 Å². The molecule has 142 valence electrons. The Bertz CT molecular complexity index is 784. The van der Waals surface area contributed by atoms with Crippen molar-refractivity contribution in [3.8, 4) is 0 Å². The van der Waals surface area contributed by atoms with E-state index in [-0.39, 0.29) is 30.1 Å². The predicted molar refractivity (Wildman–Crippen MR) is 95.5 cm³/mol. The highest BCUT2D eigenvalue weighted by Crippen LogP contribution is 2.12. The molecule has 1 N–H and O–H groups in total. The Balaban J connectivity index is 1.75. The number of ketones is 1. The summed E-state index contributed by atoms with van der Waals surface area (Å²) >= 11 is 0. The third-order valence-electron chi connectivity index (χ3n) is 4.19. The molecule has 0 aliphatic carbocycles. The Morgan fingerprint density at radius 2 is 1.85 bits per heavy atom. The van der Waals surface area contributed by atoms with Gasteiger partial charge in [-0.25, -0.2) is 8.42 Å². The predicted octanol–water partition coefficient (Wildman–Crippen LogP) is 1.19. The molecule has 1 aromatic carbocycles. The van der Waals surface area contributed by atoms with E-state index in [2.05, 4.69) is 5.32 Å². The Morgan fingerprint density at radius 1 is 1.19 bits per heavy atom. The van der Waals surface area contributed by atoms with Gasteiger partial charge in [-0.05, 0) is 20.3 Å². The number of hydrogen-bond acceptors (Lipinski definition) is 6. The van der Waals surface area contributed by atoms with E-state index in [9.17, 15) is 22.8 Å². The molecule has 0 unspecified atom stereocenters. The first-order valence-electron chi connectivity index (χ1n) is 8.46. The SMILES string of the molecule is Cc1ccc(C(=O)CCC(=O)O[C@H](C)C(=O)N[C@@H]2CCS(=O)(=O)C2)cc1. The molecule has 7 nitrogen and oxygen atoms in total. The van der Waals surface area contributed by atoms with Gasteiger partial charge in [0.15, 0.2) is 21.7 Å². The minimum Gasteiger partial charge on any atom is -0.453 e. The minimum absolute atomic E-state index is 0.00288. The van der Waals surface area contributed by atoms with Gasteiger partial charge in [0.1, 0.15) is 0 Å². The molecule has 0 spiro atoms. The number of Topliss-reactive ketones (excluding diaryl/α,β-unsaturated/α-hetero) is 1. The molecule has 0 aromatic heterocycles. The number of hydrogen-bond donors (Lipinski definition) is 1. The molecule has 1 amide bonds. The van der Waals surface area contributed by atoms with Gasteiger partial charge in [-0.3, -0.25) is 14.4 Å². The number of aryl methyl sites for hydroxylation is 1. The first-order chi connectivity index (χ1) is 12.2. The van der Waals surface area contributed by atoms with E-state index in [4.69, 9.17) is 4.74 Å². The van der Waals surface area contributed by atoms with Crippen molar-refractivity contribution in [3.63, 3.8) is 0 Å². The number of carbonyl (C=O) groups is 3. The molecule has 1 fully saturated rings. The van der Waals surface area contributed by atoms with E-state index >= 15 is 0 Å². The van der Waals surface area contributed by atoms with E-state index < -0.39 is 33.9 Å². The van der Waals surface area contributed by atoms with E-state index in [1.807, 2.05) is 19.1 Å². The van der Waals surface area contributed by atoms with Gasteiger partial charge in [-0.1, -0.05) is 29.8 Å². The number of sulfone groups is 1. The van der Waals surface area contributed by atoms with Gasteiger partial charge in [0.2, 0.25) is 0 Å². The van der Waals surface area contributed by atoms with Crippen molar-refractivity contribution < 1.29 is 27.5 Å². The van der Waals surface area contributed by atoms with Crippen molar-refractivity contribution in [2.45, 2.75) is 45.3 Å². The second-order valence-electron chi connectivity index (χ2n) is 6.53. The van der Waals surface area contributed by atoms with Gasteiger partial charge in [-0.15, -0.1) is 0 Å². The molecule has 1 aliphatic heterocycles. The minimum atomic E-state index is -3.10. The number of nitrogens with one attached hydrogen (secondary N) is 1. The van der Waals surface area contributed by atoms with Crippen LogP contribution < -0.4 is 5.32 Å². The molecule has 0 bridgehead atoms. The fraction of sp³-hybridized carbons (Fsp3) is 0.500. The van der Waals surface area contributed by atoms with E-state index in [1.54, 1.807) is 12.1 Å². The number of rotatable bonds is 7. The normalized spacial score (nSPS) is 19.5. The molecule has 1 saturated heterocycles. The van der Waals surface area contributed by atoms with Crippen molar-refractivity contribution >= 4 is 27.5 Å². The maximum absolute atomic E-state index is 12.0. The lowest BCUT2D eigenvalue weighted by molar-refractivity contribution is -0.154. The quantitative estimate of drug-likeness (QED) is 0.562. The van der Waals surface area contributed by atoms with Crippen molar-refractivity contribution in [2.24, 2.45) is 0 Å². The summed E-state index contributed by atoms with van der Waals surface area (Å²) in [6.07, 6.45) is -0.806. The summed E-state index contributed by atoms with van der Waals surface area (Å²) in [5.74, 6) is -1.40. The van der Waals surface area contributed by atoms with Gasteiger partial charge < -0.3 is 10.1 Å². The maximum Gasteiger partial charge on any atom is 0.307 e. The Labute approximate surface area is 153 Å². The number of ether oxygens (including phenoxy) is 1. The van der Waals surface area contributed by atoms with Crippen molar-refractivity contribution in [2.75, 3.05) is 11.5 Å². The van der Waals surface area contributed by atoms with E-state index in [1.165, 1.54) is 6.92 Å². The number of benzene rings is 1. The fourth-order valence-corrected chi connectivity index (χ4v) is 4.31. The summed E-state index contributed by atoms with van der Waals surface area (Å²) in [6.45, 7) is 3.33. The maximum atomic E-state index is 12.0. The molecule has 1 aliphatic rings. The Hall–Kier alpha value is -2.22. The fourth-order valence-electron chi connectivity index (χ4n) is 2.64. The van der Waals surface area contributed by atoms with Gasteiger partial charge >= 0.3 is 5.97 Å². The molecule has 2 atom stereocenters. The monoisotopic (exact) mass is 381 g/mol. The Morgan fingerprint density at radius 3 is 2.42 bits per heavy atom. The summed E-state index contributed by atoms with van der Waals surface area (Å²) in [6, 6.07) is 6.60. The topological polar surface area (TPSA) is 107 Å². The lowest BCUT2D eigenvalue weighted by Gasteiger charge is -2.16. The molecular formula is C18H23NO6S. The van der Waals surface area contributed by atoms with Gasteiger partial charge in [0.25, 0.3) is 5.91 Å². The van der Waals surface area contributed by atoms with Gasteiger partial charge in [0.05, 0.1) is 17.9 Å². The zero-order valence-electron chi connectivity index (χ0n) is 14.9. The highest BCUT2D eigenvalue weighted by atomic mass is 32.2. The second-order valence-corrected chi connectivity index (χ2v) is 8.76. The highest BCUT2D eigenvalue weighted by Gasteiger charge is 2.30. The second kappa shape index (κ2) is 8.44. The smallest absolute Gasteiger partial charge is 0.307 e. The molecule has 8 heteroatoms. The molecular weight excluding hydrogens is 358 g/mol. The summed E-state index contributed by atoms with van der Waals surface area (Å²) in [5, 5.41) is 2.57. The standard InChI is InChI=1S/C18H23NO6S/c1-12-3-5-14(6-4-12)16(20)7-8-17(21)25-13(2)18(22)19-15-9-10-26(23,24)11-15/h3-6,13,15H,7-11H2,1-2H3,(H,19,22)/t13-,15-/m1/s1. The highest BCUT2D eigenvalue weighted by molar-refractivity contribution is 7.91. The molecule has 0 saturated carbocycles. The lowest BCUT2D eigenvalue weighted by atomic mass is 10.1. The van der Waals surface area contributed by atoms with Crippen LogP contribution in [0.5, 0.6) is 0 Å². The largest absolute Gasteiger partial charge is 0.453 e. The molecule has 1 aromatic rings. The van der Waals surface area contributed by atoms with Crippen LogP contribution in [0.2, 0.25) is 0 Å². The van der Waals surface area contributed by atoms with Crippen LogP contribution in [-0.4, -0.2) is 49.7 Å². The number of esters is 1. The van der Waals surface area contributed by atoms with Crippen LogP contribution in [0.15, 0.2) is 24.3 Å². The summed E-state index contributed by atoms with van der Waals surface area (Å²) in [4.78, 5) is 35.9. The van der Waals surface area contributed by atoms with Crippen LogP contribution in [0, 0.1) is 6.92 Å². The summed E-state index contributed by atoms with van der Waals surface area (Å²) in [7, 11) is -3.10. The van der Waals surface area contributed by atoms with Crippen LogP contribution in [0.1, 0.15) is 42.1 Å². The van der Waals surface area contributed by atoms with E-state index in [0.29, 0.717) is 12.0 Å². The van der Waals surface area contributed by atoms with Gasteiger partial charge in [-0.2, -0.15) is 0 Å².